The van der Waals surface area contributed by atoms with Gasteiger partial charge in [-0.05, 0) is 40.4 Å². The number of hydrogen-bond donors (Lipinski definition) is 0. The molecule has 3 aromatic carbocycles. The van der Waals surface area contributed by atoms with Gasteiger partial charge >= 0.3 is 0 Å². The maximum absolute atomic E-state index is 7.11. The highest BCUT2D eigenvalue weighted by Crippen LogP contribution is 2.41. The van der Waals surface area contributed by atoms with Crippen LogP contribution >= 0.6 is 0 Å². The lowest BCUT2D eigenvalue weighted by molar-refractivity contribution is -0.0891. The van der Waals surface area contributed by atoms with Crippen LogP contribution in [0.25, 0.3) is 0 Å². The molecule has 5 nitrogen and oxygen atoms in total. The minimum atomic E-state index is -1.40. The first-order chi connectivity index (χ1) is 17.8. The Kier molecular flexibility index (Phi) is 8.64. The Labute approximate surface area is 222 Å². The summed E-state index contributed by atoms with van der Waals surface area (Å²) in [7, 11) is -1.40. The first-order valence-corrected chi connectivity index (χ1v) is 15.6. The largest absolute Gasteiger partial charge is 0.467 e. The van der Waals surface area contributed by atoms with Crippen molar-refractivity contribution >= 4 is 9.04 Å². The molecule has 0 aliphatic heterocycles. The zero-order valence-corrected chi connectivity index (χ0v) is 23.5. The van der Waals surface area contributed by atoms with Crippen molar-refractivity contribution in [1.29, 1.82) is 0 Å². The van der Waals surface area contributed by atoms with Crippen molar-refractivity contribution in [2.24, 2.45) is 5.41 Å². The number of nitrogens with zero attached hydrogens (tertiary/aromatic N) is 1. The molecule has 2 atom stereocenters. The molecule has 0 bridgehead atoms. The van der Waals surface area contributed by atoms with Crippen molar-refractivity contribution in [2.75, 3.05) is 6.61 Å². The van der Waals surface area contributed by atoms with Crippen LogP contribution in [0.3, 0.4) is 0 Å². The van der Waals surface area contributed by atoms with Crippen molar-refractivity contribution in [2.45, 2.75) is 51.7 Å². The predicted octanol–water partition coefficient (Wildman–Crippen LogP) is 6.85. The third kappa shape index (κ3) is 6.39. The summed E-state index contributed by atoms with van der Waals surface area (Å²) in [5, 5.41) is 4.02. The van der Waals surface area contributed by atoms with Gasteiger partial charge in [0.1, 0.15) is 18.0 Å². The van der Waals surface area contributed by atoms with Crippen LogP contribution in [0, 0.1) is 5.41 Å². The number of benzene rings is 3. The normalized spacial score (nSPS) is 13.9. The van der Waals surface area contributed by atoms with Crippen molar-refractivity contribution in [3.8, 4) is 5.88 Å². The molecule has 37 heavy (non-hydrogen) atoms. The molecule has 6 heteroatoms. The fourth-order valence-electron chi connectivity index (χ4n) is 4.72. The van der Waals surface area contributed by atoms with Gasteiger partial charge in [-0.1, -0.05) is 112 Å². The Morgan fingerprint density at radius 3 is 1.62 bits per heavy atom. The molecule has 1 aromatic heterocycles. The third-order valence-corrected chi connectivity index (χ3v) is 7.14. The minimum Gasteiger partial charge on any atom is -0.467 e. The van der Waals surface area contributed by atoms with E-state index < -0.39 is 20.7 Å². The highest BCUT2D eigenvalue weighted by molar-refractivity contribution is 6.48. The average molecular weight is 516 g/mol. The van der Waals surface area contributed by atoms with E-state index in [-0.39, 0.29) is 18.1 Å². The maximum atomic E-state index is 7.11. The van der Waals surface area contributed by atoms with Crippen LogP contribution in [0.15, 0.2) is 108 Å². The molecular formula is C31H37NO4Si. The lowest BCUT2D eigenvalue weighted by atomic mass is 9.80. The molecule has 0 fully saturated rings. The van der Waals surface area contributed by atoms with E-state index in [0.717, 1.165) is 16.7 Å². The molecule has 0 spiro atoms. The molecule has 0 aliphatic carbocycles. The van der Waals surface area contributed by atoms with Crippen LogP contribution in [0.5, 0.6) is 5.88 Å². The van der Waals surface area contributed by atoms with Crippen molar-refractivity contribution < 1.29 is 18.4 Å². The van der Waals surface area contributed by atoms with E-state index in [4.69, 9.17) is 18.4 Å². The van der Waals surface area contributed by atoms with Gasteiger partial charge in [-0.25, -0.2) is 0 Å². The first kappa shape index (κ1) is 26.9. The van der Waals surface area contributed by atoms with Gasteiger partial charge in [0.15, 0.2) is 9.04 Å². The highest BCUT2D eigenvalue weighted by atomic mass is 28.3. The van der Waals surface area contributed by atoms with Crippen molar-refractivity contribution in [1.82, 2.24) is 5.16 Å². The lowest BCUT2D eigenvalue weighted by Crippen LogP contribution is -2.49. The third-order valence-electron chi connectivity index (χ3n) is 6.30. The summed E-state index contributed by atoms with van der Waals surface area (Å²) < 4.78 is 25.2. The quantitative estimate of drug-likeness (QED) is 0.162. The SMILES string of the molecule is C[SiH](C)OC(C(COC(c1ccccc1)(c1ccccc1)c1ccccc1)Oc1ccon1)C(C)(C)C. The molecule has 0 saturated carbocycles. The Morgan fingerprint density at radius 2 is 1.24 bits per heavy atom. The van der Waals surface area contributed by atoms with Gasteiger partial charge in [-0.3, -0.25) is 0 Å². The molecule has 2 unspecified atom stereocenters. The second-order valence-corrected chi connectivity index (χ2v) is 12.9. The Hall–Kier alpha value is -3.19. The van der Waals surface area contributed by atoms with E-state index in [2.05, 4.69) is 75.4 Å². The number of rotatable bonds is 11. The Balaban J connectivity index is 1.82. The van der Waals surface area contributed by atoms with E-state index in [1.807, 2.05) is 54.6 Å². The summed E-state index contributed by atoms with van der Waals surface area (Å²) in [6.07, 6.45) is 0.881. The van der Waals surface area contributed by atoms with E-state index in [1.54, 1.807) is 6.07 Å². The van der Waals surface area contributed by atoms with Gasteiger partial charge in [0.25, 0.3) is 5.88 Å². The number of hydrogen-bond acceptors (Lipinski definition) is 5. The van der Waals surface area contributed by atoms with E-state index >= 15 is 0 Å². The van der Waals surface area contributed by atoms with Crippen molar-refractivity contribution in [3.05, 3.63) is 120 Å². The summed E-state index contributed by atoms with van der Waals surface area (Å²) in [6.45, 7) is 11.1. The monoisotopic (exact) mass is 515 g/mol. The summed E-state index contributed by atoms with van der Waals surface area (Å²) in [4.78, 5) is 0. The number of ether oxygens (including phenoxy) is 2. The van der Waals surface area contributed by atoms with Crippen LogP contribution in [0.1, 0.15) is 37.5 Å². The smallest absolute Gasteiger partial charge is 0.254 e. The highest BCUT2D eigenvalue weighted by Gasteiger charge is 2.42. The van der Waals surface area contributed by atoms with Crippen LogP contribution in [0.2, 0.25) is 13.1 Å². The second kappa shape index (κ2) is 11.9. The molecule has 0 saturated heterocycles. The molecule has 0 aliphatic rings. The summed E-state index contributed by atoms with van der Waals surface area (Å²) in [5.74, 6) is 0.418. The van der Waals surface area contributed by atoms with Crippen LogP contribution in [0.4, 0.5) is 0 Å². The Bertz CT molecular complexity index is 1100. The lowest BCUT2D eigenvalue weighted by Gasteiger charge is -2.41. The molecule has 0 amide bonds. The summed E-state index contributed by atoms with van der Waals surface area (Å²) in [6, 6.07) is 32.8. The average Bonchev–Trinajstić information content (AvgIpc) is 3.41. The van der Waals surface area contributed by atoms with Crippen LogP contribution in [-0.4, -0.2) is 33.0 Å². The van der Waals surface area contributed by atoms with E-state index in [0.29, 0.717) is 5.88 Å². The van der Waals surface area contributed by atoms with Gasteiger partial charge in [-0.2, -0.15) is 0 Å². The fraction of sp³-hybridized carbons (Fsp3) is 0.323. The minimum absolute atomic E-state index is 0.191. The number of aromatic nitrogens is 1. The van der Waals surface area contributed by atoms with E-state index in [9.17, 15) is 0 Å². The molecule has 0 radical (unpaired) electrons. The van der Waals surface area contributed by atoms with E-state index in [1.165, 1.54) is 6.26 Å². The zero-order chi connectivity index (χ0) is 26.3. The molecule has 0 N–H and O–H groups in total. The molecule has 4 aromatic rings. The van der Waals surface area contributed by atoms with Crippen molar-refractivity contribution in [3.63, 3.8) is 0 Å². The maximum Gasteiger partial charge on any atom is 0.254 e. The van der Waals surface area contributed by atoms with Gasteiger partial charge in [0, 0.05) is 6.07 Å². The standard InChI is InChI=1S/C31H37NO4Si/c1-30(2,3)29(36-37(4)5)27(35-28-21-22-34-32-28)23-33-31(24-15-9-6-10-16-24,25-17-11-7-12-18-25)26-19-13-8-14-20-26/h6-22,27,29,37H,23H2,1-5H3. The molecule has 194 valence electrons. The zero-order valence-electron chi connectivity index (χ0n) is 22.3. The van der Waals surface area contributed by atoms with Crippen LogP contribution < -0.4 is 4.74 Å². The second-order valence-electron chi connectivity index (χ2n) is 10.6. The Morgan fingerprint density at radius 1 is 0.757 bits per heavy atom. The topological polar surface area (TPSA) is 53.7 Å². The molecular weight excluding hydrogens is 478 g/mol. The summed E-state index contributed by atoms with van der Waals surface area (Å²) >= 11 is 0. The van der Waals surface area contributed by atoms with Gasteiger partial charge in [0.2, 0.25) is 0 Å². The van der Waals surface area contributed by atoms with Gasteiger partial charge in [0.05, 0.1) is 12.7 Å². The molecule has 4 rings (SSSR count). The van der Waals surface area contributed by atoms with Crippen LogP contribution in [-0.2, 0) is 14.8 Å². The first-order valence-electron chi connectivity index (χ1n) is 12.8. The summed E-state index contributed by atoms with van der Waals surface area (Å²) in [5.41, 5.74) is 2.08. The van der Waals surface area contributed by atoms with Gasteiger partial charge in [-0.15, -0.1) is 0 Å². The van der Waals surface area contributed by atoms with Gasteiger partial charge < -0.3 is 18.4 Å². The predicted molar refractivity (Wildman–Crippen MR) is 149 cm³/mol. The fourth-order valence-corrected chi connectivity index (χ4v) is 5.89. The molecule has 1 heterocycles.